The van der Waals surface area contributed by atoms with Gasteiger partial charge in [0.05, 0.1) is 25.1 Å². The predicted molar refractivity (Wildman–Crippen MR) is 131 cm³/mol. The molecule has 0 saturated carbocycles. The van der Waals surface area contributed by atoms with Gasteiger partial charge >= 0.3 is 5.97 Å². The van der Waals surface area contributed by atoms with Crippen LogP contribution in [0.5, 0.6) is 5.75 Å². The van der Waals surface area contributed by atoms with Crippen molar-refractivity contribution in [3.05, 3.63) is 100 Å². The summed E-state index contributed by atoms with van der Waals surface area (Å²) in [5.74, 6) is -2.26. The van der Waals surface area contributed by atoms with Crippen LogP contribution in [0.3, 0.4) is 0 Å². The van der Waals surface area contributed by atoms with Crippen LogP contribution in [0.1, 0.15) is 33.9 Å². The molecule has 3 aromatic carbocycles. The molecule has 1 unspecified atom stereocenters. The number of carbonyl (C=O) groups excluding carboxylic acids is 2. The van der Waals surface area contributed by atoms with Crippen molar-refractivity contribution in [2.24, 2.45) is 0 Å². The molecule has 0 aliphatic carbocycles. The molecular formula is C28H25NO6. The lowest BCUT2D eigenvalue weighted by molar-refractivity contribution is -0.136. The minimum atomic E-state index is -0.969. The van der Waals surface area contributed by atoms with E-state index in [1.165, 1.54) is 12.0 Å². The minimum absolute atomic E-state index is 0.0217. The summed E-state index contributed by atoms with van der Waals surface area (Å²) in [7, 11) is 1.52. The van der Waals surface area contributed by atoms with Crippen LogP contribution in [-0.4, -0.2) is 35.0 Å². The summed E-state index contributed by atoms with van der Waals surface area (Å²) in [6.07, 6.45) is -0.162. The van der Waals surface area contributed by atoms with Gasteiger partial charge in [-0.2, -0.15) is 0 Å². The van der Waals surface area contributed by atoms with Crippen molar-refractivity contribution in [3.8, 4) is 5.75 Å². The van der Waals surface area contributed by atoms with Gasteiger partial charge in [0, 0.05) is 11.3 Å². The second-order valence-electron chi connectivity index (χ2n) is 8.50. The van der Waals surface area contributed by atoms with E-state index < -0.39 is 23.7 Å². The average molecular weight is 472 g/mol. The monoisotopic (exact) mass is 471 g/mol. The molecule has 1 saturated heterocycles. The lowest BCUT2D eigenvalue weighted by atomic mass is 9.93. The van der Waals surface area contributed by atoms with E-state index in [0.29, 0.717) is 28.1 Å². The molecule has 1 amide bonds. The Balaban J connectivity index is 1.92. The number of rotatable bonds is 6. The Morgan fingerprint density at radius 2 is 1.69 bits per heavy atom. The van der Waals surface area contributed by atoms with E-state index >= 15 is 0 Å². The van der Waals surface area contributed by atoms with Gasteiger partial charge in [-0.15, -0.1) is 0 Å². The van der Waals surface area contributed by atoms with Crippen LogP contribution in [0.2, 0.25) is 0 Å². The summed E-state index contributed by atoms with van der Waals surface area (Å²) < 4.78 is 5.35. The van der Waals surface area contributed by atoms with Crippen molar-refractivity contribution in [2.75, 3.05) is 12.0 Å². The SMILES string of the molecule is COc1cccc(C2/C(=C(\O)c3cc(C)ccc3C)C(=O)C(=O)N2c2ccc(CC(=O)O)cc2)c1. The molecule has 1 fully saturated rings. The van der Waals surface area contributed by atoms with Gasteiger partial charge in [0.2, 0.25) is 0 Å². The highest BCUT2D eigenvalue weighted by Crippen LogP contribution is 2.43. The number of Topliss-reactive ketones (excluding diaryl/α,β-unsaturated/α-hetero) is 1. The number of anilines is 1. The van der Waals surface area contributed by atoms with E-state index in [-0.39, 0.29) is 17.8 Å². The molecule has 0 bridgehead atoms. The third-order valence-corrected chi connectivity index (χ3v) is 6.07. The highest BCUT2D eigenvalue weighted by Gasteiger charge is 2.47. The zero-order valence-corrected chi connectivity index (χ0v) is 19.6. The first-order valence-electron chi connectivity index (χ1n) is 11.0. The summed E-state index contributed by atoms with van der Waals surface area (Å²) >= 11 is 0. The highest BCUT2D eigenvalue weighted by molar-refractivity contribution is 6.51. The van der Waals surface area contributed by atoms with Crippen LogP contribution in [-0.2, 0) is 20.8 Å². The lowest BCUT2D eigenvalue weighted by Gasteiger charge is -2.26. The number of carbonyl (C=O) groups is 3. The maximum absolute atomic E-state index is 13.3. The molecule has 2 N–H and O–H groups in total. The largest absolute Gasteiger partial charge is 0.507 e. The zero-order chi connectivity index (χ0) is 25.3. The number of ketones is 1. The number of nitrogens with zero attached hydrogens (tertiary/aromatic N) is 1. The number of carboxylic acid groups (broad SMARTS) is 1. The van der Waals surface area contributed by atoms with Crippen LogP contribution in [0.4, 0.5) is 5.69 Å². The summed E-state index contributed by atoms with van der Waals surface area (Å²) in [5, 5.41) is 20.4. The van der Waals surface area contributed by atoms with Gasteiger partial charge in [-0.1, -0.05) is 42.0 Å². The predicted octanol–water partition coefficient (Wildman–Crippen LogP) is 4.57. The van der Waals surface area contributed by atoms with Crippen LogP contribution >= 0.6 is 0 Å². The number of methoxy groups -OCH3 is 1. The molecule has 0 aromatic heterocycles. The maximum atomic E-state index is 13.3. The first kappa shape index (κ1) is 23.8. The van der Waals surface area contributed by atoms with Crippen molar-refractivity contribution in [2.45, 2.75) is 26.3 Å². The number of aryl methyl sites for hydroxylation is 2. The number of aliphatic carboxylic acids is 1. The summed E-state index contributed by atoms with van der Waals surface area (Å²) in [5.41, 5.74) is 3.68. The summed E-state index contributed by atoms with van der Waals surface area (Å²) in [6.45, 7) is 3.71. The molecule has 7 nitrogen and oxygen atoms in total. The Bertz CT molecular complexity index is 1360. The molecule has 1 aliphatic rings. The van der Waals surface area contributed by atoms with E-state index in [1.807, 2.05) is 26.0 Å². The maximum Gasteiger partial charge on any atom is 0.307 e. The van der Waals surface area contributed by atoms with Gasteiger partial charge in [-0.25, -0.2) is 0 Å². The molecule has 1 aliphatic heterocycles. The molecule has 1 heterocycles. The number of hydrogen-bond donors (Lipinski definition) is 2. The summed E-state index contributed by atoms with van der Waals surface area (Å²) in [6, 6.07) is 18.0. The molecule has 0 spiro atoms. The fourth-order valence-corrected chi connectivity index (χ4v) is 4.31. The number of hydrogen-bond acceptors (Lipinski definition) is 5. The zero-order valence-electron chi connectivity index (χ0n) is 19.6. The highest BCUT2D eigenvalue weighted by atomic mass is 16.5. The van der Waals surface area contributed by atoms with E-state index in [1.54, 1.807) is 54.6 Å². The number of aliphatic hydroxyl groups is 1. The number of aliphatic hydroxyl groups excluding tert-OH is 1. The van der Waals surface area contributed by atoms with E-state index in [9.17, 15) is 19.5 Å². The second kappa shape index (κ2) is 9.46. The third kappa shape index (κ3) is 4.53. The molecule has 35 heavy (non-hydrogen) atoms. The topological polar surface area (TPSA) is 104 Å². The fourth-order valence-electron chi connectivity index (χ4n) is 4.31. The molecular weight excluding hydrogens is 446 g/mol. The normalized spacial score (nSPS) is 17.0. The minimum Gasteiger partial charge on any atom is -0.507 e. The van der Waals surface area contributed by atoms with E-state index in [2.05, 4.69) is 0 Å². The van der Waals surface area contributed by atoms with Crippen LogP contribution in [0.15, 0.2) is 72.3 Å². The molecule has 3 aromatic rings. The van der Waals surface area contributed by atoms with Crippen molar-refractivity contribution in [1.29, 1.82) is 0 Å². The van der Waals surface area contributed by atoms with Gasteiger partial charge in [0.15, 0.2) is 0 Å². The van der Waals surface area contributed by atoms with E-state index in [4.69, 9.17) is 9.84 Å². The average Bonchev–Trinajstić information content (AvgIpc) is 3.11. The molecule has 1 atom stereocenters. The second-order valence-corrected chi connectivity index (χ2v) is 8.50. The number of amides is 1. The Morgan fingerprint density at radius 1 is 0.971 bits per heavy atom. The smallest absolute Gasteiger partial charge is 0.307 e. The Labute approximate surface area is 202 Å². The number of carboxylic acids is 1. The molecule has 7 heteroatoms. The molecule has 0 radical (unpaired) electrons. The van der Waals surface area contributed by atoms with Gasteiger partial charge in [-0.05, 0) is 60.9 Å². The van der Waals surface area contributed by atoms with Gasteiger partial charge in [-0.3, -0.25) is 19.3 Å². The van der Waals surface area contributed by atoms with Crippen molar-refractivity contribution >= 4 is 29.1 Å². The standard InChI is InChI=1S/C28H25NO6/c1-16-7-8-17(2)22(13-16)26(32)24-25(19-5-4-6-21(15-19)35-3)29(28(34)27(24)33)20-11-9-18(10-12-20)14-23(30)31/h4-13,15,25,32H,14H2,1-3H3,(H,30,31)/b26-24+. The molecule has 4 rings (SSSR count). The van der Waals surface area contributed by atoms with Crippen LogP contribution in [0, 0.1) is 13.8 Å². The number of ether oxygens (including phenoxy) is 1. The van der Waals surface area contributed by atoms with Crippen LogP contribution < -0.4 is 9.64 Å². The first-order valence-corrected chi connectivity index (χ1v) is 11.0. The molecule has 178 valence electrons. The Kier molecular flexibility index (Phi) is 6.42. The fraction of sp³-hybridized carbons (Fsp3) is 0.179. The van der Waals surface area contributed by atoms with Crippen molar-refractivity contribution in [3.63, 3.8) is 0 Å². The Morgan fingerprint density at radius 3 is 2.34 bits per heavy atom. The Hall–Kier alpha value is -4.39. The summed E-state index contributed by atoms with van der Waals surface area (Å²) in [4.78, 5) is 39.0. The van der Waals surface area contributed by atoms with Gasteiger partial charge < -0.3 is 14.9 Å². The van der Waals surface area contributed by atoms with Gasteiger partial charge in [0.25, 0.3) is 11.7 Å². The van der Waals surface area contributed by atoms with Gasteiger partial charge in [0.1, 0.15) is 11.5 Å². The first-order chi connectivity index (χ1) is 16.7. The van der Waals surface area contributed by atoms with Crippen molar-refractivity contribution < 1.29 is 29.3 Å². The quantitative estimate of drug-likeness (QED) is 0.310. The third-order valence-electron chi connectivity index (χ3n) is 6.07. The lowest BCUT2D eigenvalue weighted by Crippen LogP contribution is -2.29. The van der Waals surface area contributed by atoms with Crippen molar-refractivity contribution in [1.82, 2.24) is 0 Å². The number of benzene rings is 3. The van der Waals surface area contributed by atoms with E-state index in [0.717, 1.165) is 11.1 Å². The van der Waals surface area contributed by atoms with Crippen LogP contribution in [0.25, 0.3) is 5.76 Å².